The number of rotatable bonds is 5. The fourth-order valence-corrected chi connectivity index (χ4v) is 6.41. The van der Waals surface area contributed by atoms with Gasteiger partial charge in [-0.25, -0.2) is 0 Å². The molecule has 0 bridgehead atoms. The Bertz CT molecular complexity index is 750. The first-order valence-corrected chi connectivity index (χ1v) is 12.4. The van der Waals surface area contributed by atoms with Crippen LogP contribution in [0, 0.1) is 5.92 Å². The van der Waals surface area contributed by atoms with Gasteiger partial charge in [-0.1, -0.05) is 12.1 Å². The van der Waals surface area contributed by atoms with Crippen molar-refractivity contribution in [2.75, 3.05) is 53.4 Å². The monoisotopic (exact) mass is 431 g/mol. The highest BCUT2D eigenvalue weighted by Gasteiger charge is 2.31. The lowest BCUT2D eigenvalue weighted by Crippen LogP contribution is -2.53. The topological polar surface area (TPSA) is 34.1 Å². The van der Waals surface area contributed by atoms with E-state index in [0.29, 0.717) is 12.0 Å². The Morgan fingerprint density at radius 3 is 2.59 bits per heavy atom. The van der Waals surface area contributed by atoms with Crippen molar-refractivity contribution in [3.05, 3.63) is 44.8 Å². The Balaban J connectivity index is 1.30. The molecule has 0 aliphatic carbocycles. The summed E-state index contributed by atoms with van der Waals surface area (Å²) in [6, 6.07) is 9.39. The van der Waals surface area contributed by atoms with Gasteiger partial charge in [-0.15, -0.1) is 22.7 Å². The fourth-order valence-electron chi connectivity index (χ4n) is 4.68. The minimum Gasteiger partial charge on any atom is -0.356 e. The molecule has 2 aliphatic heterocycles. The van der Waals surface area contributed by atoms with Crippen LogP contribution in [0.2, 0.25) is 0 Å². The zero-order chi connectivity index (χ0) is 20.1. The summed E-state index contributed by atoms with van der Waals surface area (Å²) < 4.78 is 0. The van der Waals surface area contributed by atoms with Crippen LogP contribution < -0.4 is 5.32 Å². The van der Waals surface area contributed by atoms with E-state index >= 15 is 0 Å². The molecule has 2 unspecified atom stereocenters. The molecule has 7 heteroatoms. The molecule has 0 saturated carbocycles. The zero-order valence-corrected chi connectivity index (χ0v) is 19.2. The summed E-state index contributed by atoms with van der Waals surface area (Å²) in [5.74, 6) is 1.70. The second-order valence-corrected chi connectivity index (χ2v) is 10.1. The van der Waals surface area contributed by atoms with E-state index < -0.39 is 0 Å². The van der Waals surface area contributed by atoms with Crippen LogP contribution >= 0.6 is 22.7 Å². The molecule has 1 N–H and O–H groups in total. The third-order valence-electron chi connectivity index (χ3n) is 6.21. The lowest BCUT2D eigenvalue weighted by Gasteiger charge is -2.40. The van der Waals surface area contributed by atoms with E-state index in [-0.39, 0.29) is 0 Å². The van der Waals surface area contributed by atoms with Crippen molar-refractivity contribution in [1.82, 2.24) is 20.0 Å². The highest BCUT2D eigenvalue weighted by Crippen LogP contribution is 2.36. The molecule has 0 aromatic carbocycles. The summed E-state index contributed by atoms with van der Waals surface area (Å²) in [7, 11) is 4.20. The molecule has 2 aliphatic rings. The summed E-state index contributed by atoms with van der Waals surface area (Å²) in [6.45, 7) is 7.56. The Morgan fingerprint density at radius 1 is 1.10 bits per heavy atom. The minimum atomic E-state index is 0.525. The standard InChI is InChI=1S/C22H33N5S2/c1-23-22(27-12-10-26(11-13-27)17-19-7-4-14-28-19)24-16-18-6-3-9-25(2)21(18)20-8-5-15-29-20/h4-5,7-8,14-15,18,21H,3,6,9-13,16-17H2,1-2H3,(H,23,24). The number of hydrogen-bond acceptors (Lipinski definition) is 5. The number of nitrogens with zero attached hydrogens (tertiary/aromatic N) is 4. The van der Waals surface area contributed by atoms with Gasteiger partial charge < -0.3 is 10.2 Å². The number of nitrogens with one attached hydrogen (secondary N) is 1. The summed E-state index contributed by atoms with van der Waals surface area (Å²) >= 11 is 3.75. The lowest BCUT2D eigenvalue weighted by atomic mass is 9.88. The van der Waals surface area contributed by atoms with Crippen molar-refractivity contribution in [2.45, 2.75) is 25.4 Å². The third kappa shape index (κ3) is 5.20. The number of guanidine groups is 1. The van der Waals surface area contributed by atoms with Crippen molar-refractivity contribution in [1.29, 1.82) is 0 Å². The Hall–Kier alpha value is -1.41. The van der Waals surface area contributed by atoms with E-state index in [2.05, 4.69) is 67.1 Å². The molecule has 0 spiro atoms. The molecule has 2 aromatic rings. The molecule has 29 heavy (non-hydrogen) atoms. The summed E-state index contributed by atoms with van der Waals surface area (Å²) in [4.78, 5) is 15.1. The number of piperidine rings is 1. The SMILES string of the molecule is CN=C(NCC1CCCN(C)C1c1cccs1)N1CCN(Cc2cccs2)CC1. The average Bonchev–Trinajstić information content (AvgIpc) is 3.44. The maximum absolute atomic E-state index is 4.61. The van der Waals surface area contributed by atoms with E-state index in [0.717, 1.165) is 45.2 Å². The number of likely N-dealkylation sites (tertiary alicyclic amines) is 1. The number of piperazine rings is 1. The Kier molecular flexibility index (Phi) is 7.24. The van der Waals surface area contributed by atoms with Crippen LogP contribution in [-0.4, -0.2) is 74.0 Å². The van der Waals surface area contributed by atoms with Gasteiger partial charge in [0.25, 0.3) is 0 Å². The fraction of sp³-hybridized carbons (Fsp3) is 0.591. The molecule has 2 atom stereocenters. The molecular formula is C22H33N5S2. The predicted octanol–water partition coefficient (Wildman–Crippen LogP) is 3.59. The molecule has 0 radical (unpaired) electrons. The van der Waals surface area contributed by atoms with Crippen LogP contribution in [0.25, 0.3) is 0 Å². The number of hydrogen-bond donors (Lipinski definition) is 1. The van der Waals surface area contributed by atoms with Gasteiger partial charge in [-0.2, -0.15) is 0 Å². The van der Waals surface area contributed by atoms with Gasteiger partial charge in [0.05, 0.1) is 0 Å². The molecule has 2 aromatic heterocycles. The van der Waals surface area contributed by atoms with Gasteiger partial charge in [0, 0.05) is 62.1 Å². The molecule has 2 saturated heterocycles. The first kappa shape index (κ1) is 20.8. The highest BCUT2D eigenvalue weighted by molar-refractivity contribution is 7.10. The molecule has 4 rings (SSSR count). The smallest absolute Gasteiger partial charge is 0.193 e. The van der Waals surface area contributed by atoms with Crippen LogP contribution in [0.5, 0.6) is 0 Å². The quantitative estimate of drug-likeness (QED) is 0.580. The number of aliphatic imine (C=N–C) groups is 1. The van der Waals surface area contributed by atoms with Gasteiger partial charge in [0.1, 0.15) is 0 Å². The van der Waals surface area contributed by atoms with Crippen molar-refractivity contribution < 1.29 is 0 Å². The molecule has 4 heterocycles. The lowest BCUT2D eigenvalue weighted by molar-refractivity contribution is 0.123. The molecule has 158 valence electrons. The second-order valence-electron chi connectivity index (χ2n) is 8.11. The maximum atomic E-state index is 4.61. The van der Waals surface area contributed by atoms with Gasteiger partial charge >= 0.3 is 0 Å². The van der Waals surface area contributed by atoms with E-state index in [9.17, 15) is 0 Å². The third-order valence-corrected chi connectivity index (χ3v) is 8.01. The molecule has 0 amide bonds. The molecule has 5 nitrogen and oxygen atoms in total. The van der Waals surface area contributed by atoms with E-state index in [1.54, 1.807) is 0 Å². The van der Waals surface area contributed by atoms with Gasteiger partial charge in [0.15, 0.2) is 5.96 Å². The van der Waals surface area contributed by atoms with Crippen molar-refractivity contribution >= 4 is 28.6 Å². The van der Waals surface area contributed by atoms with Gasteiger partial charge in [-0.05, 0) is 55.2 Å². The first-order chi connectivity index (χ1) is 14.2. The van der Waals surface area contributed by atoms with Crippen LogP contribution in [0.4, 0.5) is 0 Å². The van der Waals surface area contributed by atoms with Crippen LogP contribution in [0.1, 0.15) is 28.6 Å². The Morgan fingerprint density at radius 2 is 1.90 bits per heavy atom. The summed E-state index contributed by atoms with van der Waals surface area (Å²) in [5.41, 5.74) is 0. The van der Waals surface area contributed by atoms with E-state index in [1.165, 1.54) is 29.1 Å². The summed E-state index contributed by atoms with van der Waals surface area (Å²) in [6.07, 6.45) is 2.57. The average molecular weight is 432 g/mol. The molecular weight excluding hydrogens is 398 g/mol. The summed E-state index contributed by atoms with van der Waals surface area (Å²) in [5, 5.41) is 8.09. The minimum absolute atomic E-state index is 0.525. The van der Waals surface area contributed by atoms with Crippen molar-refractivity contribution in [3.8, 4) is 0 Å². The van der Waals surface area contributed by atoms with E-state index in [4.69, 9.17) is 0 Å². The number of thiophene rings is 2. The predicted molar refractivity (Wildman–Crippen MR) is 125 cm³/mol. The van der Waals surface area contributed by atoms with Gasteiger partial charge in [-0.3, -0.25) is 14.8 Å². The van der Waals surface area contributed by atoms with E-state index in [1.807, 2.05) is 29.7 Å². The van der Waals surface area contributed by atoms with Crippen LogP contribution in [0.15, 0.2) is 40.0 Å². The highest BCUT2D eigenvalue weighted by atomic mass is 32.1. The van der Waals surface area contributed by atoms with Crippen LogP contribution in [0.3, 0.4) is 0 Å². The normalized spacial score (nSPS) is 24.8. The van der Waals surface area contributed by atoms with Gasteiger partial charge in [0.2, 0.25) is 0 Å². The zero-order valence-electron chi connectivity index (χ0n) is 17.6. The second kappa shape index (κ2) is 10.1. The van der Waals surface area contributed by atoms with Crippen molar-refractivity contribution in [3.63, 3.8) is 0 Å². The maximum Gasteiger partial charge on any atom is 0.193 e. The van der Waals surface area contributed by atoms with Crippen molar-refractivity contribution in [2.24, 2.45) is 10.9 Å². The largest absolute Gasteiger partial charge is 0.356 e. The first-order valence-electron chi connectivity index (χ1n) is 10.7. The molecule has 2 fully saturated rings. The van der Waals surface area contributed by atoms with Crippen LogP contribution in [-0.2, 0) is 6.54 Å². The Labute approximate surface area is 183 Å².